The molecule has 10 aromatic rings. The lowest BCUT2D eigenvalue weighted by atomic mass is 9.99. The van der Waals surface area contributed by atoms with Crippen LogP contribution in [0.5, 0.6) is 51.7 Å². The van der Waals surface area contributed by atoms with Crippen LogP contribution in [-0.2, 0) is 38.4 Å². The first-order chi connectivity index (χ1) is 65.3. The summed E-state index contributed by atoms with van der Waals surface area (Å²) in [5.41, 5.74) is 13.1. The van der Waals surface area contributed by atoms with Gasteiger partial charge in [-0.1, -0.05) is 162 Å². The second-order valence-corrected chi connectivity index (χ2v) is 35.8. The molecule has 8 aliphatic rings. The van der Waals surface area contributed by atoms with Crippen molar-refractivity contribution in [2.24, 2.45) is 0 Å². The van der Waals surface area contributed by atoms with E-state index >= 15 is 0 Å². The molecule has 0 bridgehead atoms. The van der Waals surface area contributed by atoms with Crippen molar-refractivity contribution in [3.63, 3.8) is 0 Å². The van der Waals surface area contributed by atoms with Crippen LogP contribution in [0.25, 0.3) is 22.3 Å². The number of ether oxygens (including phenoxy) is 9. The van der Waals surface area contributed by atoms with Gasteiger partial charge in [0, 0.05) is 26.2 Å². The van der Waals surface area contributed by atoms with Crippen molar-refractivity contribution in [2.45, 2.75) is 146 Å². The van der Waals surface area contributed by atoms with Crippen LogP contribution >= 0.6 is 0 Å². The van der Waals surface area contributed by atoms with Gasteiger partial charge in [0.15, 0.2) is 46.0 Å². The fourth-order valence-corrected chi connectivity index (χ4v) is 18.1. The van der Waals surface area contributed by atoms with E-state index in [1.54, 1.807) is 12.1 Å². The van der Waals surface area contributed by atoms with Gasteiger partial charge in [-0.25, -0.2) is 4.39 Å². The highest BCUT2D eigenvalue weighted by Crippen LogP contribution is 2.39. The molecule has 10 aromatic carbocycles. The number of halogens is 1. The number of amides is 4. The number of hydrogen-bond donors (Lipinski definition) is 8. The predicted octanol–water partition coefficient (Wildman–Crippen LogP) is 13.9. The Morgan fingerprint density at radius 1 is 0.313 bits per heavy atom. The lowest BCUT2D eigenvalue weighted by Gasteiger charge is -2.29. The lowest BCUT2D eigenvalue weighted by Crippen LogP contribution is -2.47. The SMILES string of the molecule is Cc1ccc(CC(=O)NC(CN2CCCC2)C(O)c2ccc3c(c2)OCCO3)cc1.Cc1ccc(OCCC(=O)NC(CN2CCCC2)C(O)c2ccc3c(c2)OCCO3)cc1.Cc1cccc(-c2ccc(CC(=O)NC(CN3CCCC3)C(O)c3ccc4c(c3)OCCO4)cc2)c1.O=C(Cc1ccc(-c2cccc(F)c2)cc1)NC(CN1CCCC1)C(O)c1ccc2c(c1)OCCO2. The molecular weight excluding hydrogens is 1700 g/mol. The first-order valence-corrected chi connectivity index (χ1v) is 47.4. The number of benzene rings is 10. The van der Waals surface area contributed by atoms with E-state index in [1.165, 1.54) is 28.8 Å². The fourth-order valence-electron chi connectivity index (χ4n) is 18.1. The summed E-state index contributed by atoms with van der Waals surface area (Å²) in [5.74, 6) is 5.23. The van der Waals surface area contributed by atoms with Gasteiger partial charge in [0.2, 0.25) is 23.6 Å². The van der Waals surface area contributed by atoms with E-state index in [0.29, 0.717) is 148 Å². The molecule has 8 heterocycles. The molecular formula is C108H127FN8O17. The first-order valence-electron chi connectivity index (χ1n) is 47.4. The highest BCUT2D eigenvalue weighted by molar-refractivity contribution is 5.81. The van der Waals surface area contributed by atoms with Crippen molar-refractivity contribution >= 4 is 23.6 Å². The Morgan fingerprint density at radius 3 is 0.910 bits per heavy atom. The van der Waals surface area contributed by atoms with Gasteiger partial charge in [-0.2, -0.15) is 0 Å². The summed E-state index contributed by atoms with van der Waals surface area (Å²) in [6, 6.07) is 66.4. The maximum atomic E-state index is 13.6. The quantitative estimate of drug-likeness (QED) is 0.0194. The average molecular weight is 1830 g/mol. The van der Waals surface area contributed by atoms with Gasteiger partial charge >= 0.3 is 0 Å². The number of hydrogen-bond acceptors (Lipinski definition) is 21. The van der Waals surface area contributed by atoms with Crippen LogP contribution in [0.3, 0.4) is 0 Å². The van der Waals surface area contributed by atoms with Crippen LogP contribution in [0.4, 0.5) is 4.39 Å². The zero-order valence-corrected chi connectivity index (χ0v) is 77.0. The Morgan fingerprint density at radius 2 is 0.597 bits per heavy atom. The minimum atomic E-state index is -0.888. The second-order valence-electron chi connectivity index (χ2n) is 35.8. The zero-order valence-electron chi connectivity index (χ0n) is 77.0. The van der Waals surface area contributed by atoms with Gasteiger partial charge in [-0.05, 0) is 258 Å². The van der Waals surface area contributed by atoms with Gasteiger partial charge in [-0.15, -0.1) is 0 Å². The highest BCUT2D eigenvalue weighted by Gasteiger charge is 2.34. The number of fused-ring (bicyclic) bond motifs is 4. The minimum Gasteiger partial charge on any atom is -0.493 e. The fraction of sp³-hybridized carbons (Fsp3) is 0.407. The number of aryl methyl sites for hydroxylation is 3. The Balaban J connectivity index is 0.000000137. The molecule has 708 valence electrons. The molecule has 8 aliphatic heterocycles. The van der Waals surface area contributed by atoms with Crippen molar-refractivity contribution in [3.8, 4) is 74.0 Å². The molecule has 0 aliphatic carbocycles. The zero-order chi connectivity index (χ0) is 93.1. The van der Waals surface area contributed by atoms with E-state index in [9.17, 15) is 44.0 Å². The summed E-state index contributed by atoms with van der Waals surface area (Å²) in [5, 5.41) is 57.2. The van der Waals surface area contributed by atoms with E-state index in [2.05, 4.69) is 84.2 Å². The topological polar surface area (TPSA) is 293 Å². The van der Waals surface area contributed by atoms with E-state index in [4.69, 9.17) is 42.6 Å². The van der Waals surface area contributed by atoms with Gasteiger partial charge in [0.1, 0.15) is 88.8 Å². The number of rotatable bonds is 32. The summed E-state index contributed by atoms with van der Waals surface area (Å²) in [6.45, 7) is 20.7. The first kappa shape index (κ1) is 96.5. The molecule has 0 saturated carbocycles. The van der Waals surface area contributed by atoms with E-state index in [1.807, 2.05) is 172 Å². The number of carbonyl (C=O) groups excluding carboxylic acids is 4. The minimum absolute atomic E-state index is 0.0837. The molecule has 8 unspecified atom stereocenters. The third kappa shape index (κ3) is 28.0. The van der Waals surface area contributed by atoms with E-state index in [0.717, 1.165) is 154 Å². The van der Waals surface area contributed by atoms with E-state index in [-0.39, 0.29) is 55.3 Å². The molecule has 0 aromatic heterocycles. The molecule has 4 amide bonds. The summed E-state index contributed by atoms with van der Waals surface area (Å²) >= 11 is 0. The summed E-state index contributed by atoms with van der Waals surface area (Å²) < 4.78 is 64.3. The summed E-state index contributed by atoms with van der Waals surface area (Å²) in [6.07, 6.45) is 6.69. The number of nitrogens with one attached hydrogen (secondary N) is 4. The Bertz CT molecular complexity index is 5290. The van der Waals surface area contributed by atoms with Crippen LogP contribution in [0, 0.1) is 26.6 Å². The number of aliphatic hydroxyl groups excluding tert-OH is 4. The molecule has 4 fully saturated rings. The standard InChI is InChI=1S/C30H34N2O4.C29H31FN2O4.C25H32N2O5.C24H30N2O4/c1-21-5-4-6-24(17-21)23-9-7-22(8-10-23)18-29(33)31-26(20-32-13-2-3-14-32)30(34)25-11-12-27-28(19-25)36-16-15-35-27;30-24-5-3-4-22(17-24)21-8-6-20(7-9-21)16-28(33)31-25(19-32-12-1-2-13-32)29(34)23-10-11-26-27(18-23)36-15-14-35-26;1-18-4-7-20(8-5-18)30-13-10-24(28)26-21(17-27-11-2-3-12-27)25(29)19-6-9-22-23(16-19)32-15-14-31-22;1-17-4-6-18(7-5-17)14-23(27)25-20(16-26-10-2-3-11-26)24(28)19-8-9-21-22(15-19)30-13-12-29-21/h4-12,17,19,26,30,34H,2-3,13-16,18,20H2,1H3,(H,31,33);3-11,17-18,25,29,34H,1-2,12-16,19H2,(H,31,33);4-9,16,21,25,29H,2-3,10-15,17H2,1H3,(H,26,28);4-9,15,20,24,28H,2-3,10-14,16H2,1H3,(H,25,27). The molecule has 0 radical (unpaired) electrons. The number of aliphatic hydroxyl groups is 4. The van der Waals surface area contributed by atoms with Gasteiger partial charge < -0.3 is 104 Å². The van der Waals surface area contributed by atoms with Crippen LogP contribution in [0.2, 0.25) is 0 Å². The molecule has 134 heavy (non-hydrogen) atoms. The predicted molar refractivity (Wildman–Crippen MR) is 512 cm³/mol. The van der Waals surface area contributed by atoms with Crippen LogP contribution in [0.15, 0.2) is 218 Å². The lowest BCUT2D eigenvalue weighted by molar-refractivity contribution is -0.124. The molecule has 0 spiro atoms. The number of likely N-dealkylation sites (tertiary alicyclic amines) is 4. The summed E-state index contributed by atoms with van der Waals surface area (Å²) in [7, 11) is 0. The number of carbonyl (C=O) groups is 4. The normalized spacial score (nSPS) is 17.3. The summed E-state index contributed by atoms with van der Waals surface area (Å²) in [4.78, 5) is 60.7. The van der Waals surface area contributed by atoms with Crippen molar-refractivity contribution in [1.82, 2.24) is 40.9 Å². The van der Waals surface area contributed by atoms with Crippen LogP contribution in [0.1, 0.15) is 138 Å². The molecule has 26 heteroatoms. The van der Waals surface area contributed by atoms with Crippen molar-refractivity contribution in [1.29, 1.82) is 0 Å². The maximum absolute atomic E-state index is 13.6. The largest absolute Gasteiger partial charge is 0.493 e. The molecule has 4 saturated heterocycles. The van der Waals surface area contributed by atoms with Gasteiger partial charge in [0.25, 0.3) is 0 Å². The molecule has 18 rings (SSSR count). The van der Waals surface area contributed by atoms with Crippen molar-refractivity contribution in [2.75, 3.05) is 138 Å². The average Bonchev–Trinajstić information content (AvgIpc) is 1.07. The van der Waals surface area contributed by atoms with Crippen LogP contribution < -0.4 is 63.9 Å². The third-order valence-electron chi connectivity index (χ3n) is 25.4. The van der Waals surface area contributed by atoms with Crippen molar-refractivity contribution < 1.29 is 86.6 Å². The third-order valence-corrected chi connectivity index (χ3v) is 25.4. The number of nitrogens with zero attached hydrogens (tertiary/aromatic N) is 4. The van der Waals surface area contributed by atoms with E-state index < -0.39 is 48.6 Å². The highest BCUT2D eigenvalue weighted by atomic mass is 19.1. The van der Waals surface area contributed by atoms with Crippen molar-refractivity contribution in [3.05, 3.63) is 280 Å². The molecule has 8 N–H and O–H groups in total. The maximum Gasteiger partial charge on any atom is 0.224 e. The second kappa shape index (κ2) is 48.2. The van der Waals surface area contributed by atoms with Gasteiger partial charge in [-0.3, -0.25) is 19.2 Å². The van der Waals surface area contributed by atoms with Gasteiger partial charge in [0.05, 0.1) is 56.5 Å². The Hall–Kier alpha value is -12.1. The Labute approximate surface area is 785 Å². The smallest absolute Gasteiger partial charge is 0.224 e. The molecule has 8 atom stereocenters. The van der Waals surface area contributed by atoms with Crippen LogP contribution in [-0.4, -0.2) is 226 Å². The molecule has 25 nitrogen and oxygen atoms in total. The monoisotopic (exact) mass is 1830 g/mol. The Kier molecular flexibility index (Phi) is 34.7.